The summed E-state index contributed by atoms with van der Waals surface area (Å²) in [6.45, 7) is -0.939. The van der Waals surface area contributed by atoms with Gasteiger partial charge >= 0.3 is 6.61 Å². The molecule has 0 saturated heterocycles. The summed E-state index contributed by atoms with van der Waals surface area (Å²) in [4.78, 5) is 24.1. The topological polar surface area (TPSA) is 119 Å². The van der Waals surface area contributed by atoms with Crippen LogP contribution in [0.3, 0.4) is 0 Å². The minimum Gasteiger partial charge on any atom is -0.434 e. The van der Waals surface area contributed by atoms with E-state index in [1.165, 1.54) is 6.07 Å². The van der Waals surface area contributed by atoms with Crippen molar-refractivity contribution in [3.05, 3.63) is 77.1 Å². The summed E-state index contributed by atoms with van der Waals surface area (Å²) in [5.41, 5.74) is 10.6. The van der Waals surface area contributed by atoms with Gasteiger partial charge in [-0.15, -0.1) is 0 Å². The first kappa shape index (κ1) is 25.0. The van der Waals surface area contributed by atoms with Crippen LogP contribution in [0.15, 0.2) is 48.9 Å². The molecule has 2 atom stereocenters. The molecule has 1 aromatic carbocycles. The number of nitrogens with zero attached hydrogens (tertiary/aromatic N) is 5. The summed E-state index contributed by atoms with van der Waals surface area (Å²) in [6.07, 6.45) is 7.09. The number of halogens is 2. The number of fused-ring (bicyclic) bond motifs is 9. The van der Waals surface area contributed by atoms with Crippen LogP contribution in [0.4, 0.5) is 8.78 Å². The Hall–Kier alpha value is -3.96. The highest BCUT2D eigenvalue weighted by atomic mass is 19.3. The second-order valence-corrected chi connectivity index (χ2v) is 11.6. The van der Waals surface area contributed by atoms with Gasteiger partial charge in [0.25, 0.3) is 5.91 Å². The fourth-order valence-corrected chi connectivity index (χ4v) is 7.02. The van der Waals surface area contributed by atoms with Crippen molar-refractivity contribution in [3.63, 3.8) is 0 Å². The van der Waals surface area contributed by atoms with Gasteiger partial charge < -0.3 is 20.5 Å². The zero-order chi connectivity index (χ0) is 28.0. The fraction of sp³-hybridized carbons (Fsp3) is 0.379. The number of alkyl halides is 2. The standard InChI is InChI=1S/C29H28F2N6O3/c1-28(14-38)12-29(32,13-28)26-33-10-16(11-34-26)15-6-7-37-19(8-15)23-18-9-20(24(23)35-37)36(2)25(39)17-4-3-5-21(22(17)18)40-27(30)31/h3-8,10-11,18,20,27,38H,9,12-14,32H2,1-2H3. The Labute approximate surface area is 228 Å². The quantitative estimate of drug-likeness (QED) is 0.388. The number of hydrogen-bond donors (Lipinski definition) is 2. The van der Waals surface area contributed by atoms with Gasteiger partial charge in [0.05, 0.1) is 22.8 Å². The number of aromatic nitrogens is 4. The number of rotatable bonds is 5. The highest BCUT2D eigenvalue weighted by molar-refractivity contribution is 5.98. The van der Waals surface area contributed by atoms with Crippen molar-refractivity contribution >= 4 is 11.4 Å². The highest BCUT2D eigenvalue weighted by Gasteiger charge is 2.52. The van der Waals surface area contributed by atoms with Gasteiger partial charge in [-0.1, -0.05) is 13.0 Å². The van der Waals surface area contributed by atoms with E-state index in [0.717, 1.165) is 27.9 Å². The molecule has 206 valence electrons. The number of hydrogen-bond acceptors (Lipinski definition) is 7. The van der Waals surface area contributed by atoms with Crippen molar-refractivity contribution in [3.8, 4) is 16.9 Å². The van der Waals surface area contributed by atoms with E-state index < -0.39 is 12.2 Å². The lowest BCUT2D eigenvalue weighted by Crippen LogP contribution is -2.56. The number of aliphatic hydroxyl groups excluding tert-OH is 1. The number of carbonyl (C=O) groups is 1. The third kappa shape index (κ3) is 3.57. The SMILES string of the molecule is CN1C(=O)c2cccc(OC(F)F)c2C2CC1c1nn3ccc(-c4cnc(C5(N)CC(C)(CO)C5)nc4)cc3c12. The molecule has 3 aliphatic rings. The Morgan fingerprint density at radius 3 is 2.62 bits per heavy atom. The van der Waals surface area contributed by atoms with E-state index in [2.05, 4.69) is 9.97 Å². The summed E-state index contributed by atoms with van der Waals surface area (Å²) < 4.78 is 33.4. The maximum Gasteiger partial charge on any atom is 0.387 e. The maximum atomic E-state index is 13.4. The number of benzene rings is 1. The van der Waals surface area contributed by atoms with Crippen molar-refractivity contribution in [2.45, 2.75) is 50.3 Å². The van der Waals surface area contributed by atoms with Gasteiger partial charge in [0.1, 0.15) is 11.6 Å². The lowest BCUT2D eigenvalue weighted by molar-refractivity contribution is -0.0505. The van der Waals surface area contributed by atoms with Crippen LogP contribution in [0.25, 0.3) is 16.6 Å². The zero-order valence-corrected chi connectivity index (χ0v) is 22.0. The summed E-state index contributed by atoms with van der Waals surface area (Å²) in [5, 5.41) is 14.4. The second-order valence-electron chi connectivity index (χ2n) is 11.6. The van der Waals surface area contributed by atoms with Gasteiger partial charge in [-0.25, -0.2) is 14.5 Å². The minimum atomic E-state index is -3.01. The first-order valence-corrected chi connectivity index (χ1v) is 13.2. The number of amides is 1. The van der Waals surface area contributed by atoms with Crippen LogP contribution in [-0.2, 0) is 5.54 Å². The van der Waals surface area contributed by atoms with Gasteiger partial charge in [-0.2, -0.15) is 13.9 Å². The van der Waals surface area contributed by atoms with Gasteiger partial charge in [0.15, 0.2) is 0 Å². The number of nitrogens with two attached hydrogens (primary N) is 1. The van der Waals surface area contributed by atoms with E-state index in [4.69, 9.17) is 15.6 Å². The van der Waals surface area contributed by atoms with Crippen LogP contribution in [0.1, 0.15) is 71.1 Å². The van der Waals surface area contributed by atoms with Crippen LogP contribution in [0.5, 0.6) is 5.75 Å². The molecule has 2 unspecified atom stereocenters. The molecule has 0 spiro atoms. The first-order chi connectivity index (χ1) is 19.1. The predicted molar refractivity (Wildman–Crippen MR) is 141 cm³/mol. The average Bonchev–Trinajstić information content (AvgIpc) is 3.45. The monoisotopic (exact) mass is 546 g/mol. The average molecular weight is 547 g/mol. The highest BCUT2D eigenvalue weighted by Crippen LogP contribution is 2.54. The molecule has 1 amide bonds. The predicted octanol–water partition coefficient (Wildman–Crippen LogP) is 4.00. The maximum absolute atomic E-state index is 13.4. The third-order valence-electron chi connectivity index (χ3n) is 8.77. The molecule has 2 bridgehead atoms. The van der Waals surface area contributed by atoms with Crippen LogP contribution < -0.4 is 10.5 Å². The number of ether oxygens (including phenoxy) is 1. The van der Waals surface area contributed by atoms with Crippen LogP contribution >= 0.6 is 0 Å². The van der Waals surface area contributed by atoms with Crippen molar-refractivity contribution in [2.75, 3.05) is 13.7 Å². The van der Waals surface area contributed by atoms with Crippen LogP contribution in [0.2, 0.25) is 0 Å². The number of carbonyl (C=O) groups excluding carboxylic acids is 1. The molecule has 4 aromatic rings. The van der Waals surface area contributed by atoms with E-state index in [9.17, 15) is 18.7 Å². The minimum absolute atomic E-state index is 0.0104. The van der Waals surface area contributed by atoms with Crippen LogP contribution in [-0.4, -0.2) is 55.8 Å². The van der Waals surface area contributed by atoms with Crippen molar-refractivity contribution < 1.29 is 23.4 Å². The molecule has 3 aromatic heterocycles. The molecule has 11 heteroatoms. The molecule has 7 rings (SSSR count). The van der Waals surface area contributed by atoms with Gasteiger partial charge in [-0.3, -0.25) is 4.79 Å². The molecule has 1 aliphatic heterocycles. The van der Waals surface area contributed by atoms with E-state index >= 15 is 0 Å². The molecule has 2 aliphatic carbocycles. The van der Waals surface area contributed by atoms with E-state index in [-0.39, 0.29) is 35.6 Å². The summed E-state index contributed by atoms with van der Waals surface area (Å²) in [7, 11) is 1.72. The smallest absolute Gasteiger partial charge is 0.387 e. The lowest BCUT2D eigenvalue weighted by atomic mass is 9.58. The van der Waals surface area contributed by atoms with Crippen molar-refractivity contribution in [1.29, 1.82) is 0 Å². The molecule has 1 fully saturated rings. The molecule has 3 N–H and O–H groups in total. The Morgan fingerprint density at radius 2 is 1.93 bits per heavy atom. The normalized spacial score (nSPS) is 27.0. The molecule has 9 nitrogen and oxygen atoms in total. The van der Waals surface area contributed by atoms with E-state index in [1.807, 2.05) is 25.3 Å². The van der Waals surface area contributed by atoms with Crippen LogP contribution in [0, 0.1) is 5.41 Å². The fourth-order valence-electron chi connectivity index (χ4n) is 7.02. The largest absolute Gasteiger partial charge is 0.434 e. The Balaban J connectivity index is 1.30. The Morgan fingerprint density at radius 1 is 1.18 bits per heavy atom. The number of pyridine rings is 1. The van der Waals surface area contributed by atoms with Gasteiger partial charge in [0, 0.05) is 60.4 Å². The van der Waals surface area contributed by atoms with Crippen molar-refractivity contribution in [2.24, 2.45) is 11.1 Å². The van der Waals surface area contributed by atoms with Crippen molar-refractivity contribution in [1.82, 2.24) is 24.5 Å². The second kappa shape index (κ2) is 8.52. The molecule has 4 heterocycles. The number of aliphatic hydroxyl groups is 1. The molecular formula is C29H28F2N6O3. The molecule has 1 saturated carbocycles. The first-order valence-electron chi connectivity index (χ1n) is 13.2. The Kier molecular flexibility index (Phi) is 5.33. The lowest BCUT2D eigenvalue weighted by Gasteiger charge is -2.50. The Bertz CT molecular complexity index is 1660. The summed E-state index contributed by atoms with van der Waals surface area (Å²) in [5.74, 6) is -0.0290. The van der Waals surface area contributed by atoms with Gasteiger partial charge in [0.2, 0.25) is 0 Å². The molecular weight excluding hydrogens is 518 g/mol. The summed E-state index contributed by atoms with van der Waals surface area (Å²) in [6, 6.07) is 8.33. The molecule has 0 radical (unpaired) electrons. The van der Waals surface area contributed by atoms with Gasteiger partial charge in [-0.05, 0) is 54.5 Å². The van der Waals surface area contributed by atoms with E-state index in [0.29, 0.717) is 36.2 Å². The van der Waals surface area contributed by atoms with E-state index in [1.54, 1.807) is 41.0 Å². The molecule has 40 heavy (non-hydrogen) atoms. The zero-order valence-electron chi connectivity index (χ0n) is 22.0. The third-order valence-corrected chi connectivity index (χ3v) is 8.77. The summed E-state index contributed by atoms with van der Waals surface area (Å²) >= 11 is 0.